The van der Waals surface area contributed by atoms with E-state index in [1.807, 2.05) is 0 Å². The van der Waals surface area contributed by atoms with E-state index < -0.39 is 0 Å². The number of halogens is 1. The van der Waals surface area contributed by atoms with Crippen LogP contribution in [0.1, 0.15) is 22.3 Å². The average Bonchev–Trinajstić information content (AvgIpc) is 2.64. The van der Waals surface area contributed by atoms with Crippen molar-refractivity contribution in [2.45, 2.75) is 38.8 Å². The van der Waals surface area contributed by atoms with Crippen molar-refractivity contribution >= 4 is 28.3 Å². The number of fused-ring (bicyclic) bond motifs is 1. The molecule has 0 unspecified atom stereocenters. The summed E-state index contributed by atoms with van der Waals surface area (Å²) in [5, 5.41) is 10.8. The highest BCUT2D eigenvalue weighted by molar-refractivity contribution is 14.1. The van der Waals surface area contributed by atoms with Crippen LogP contribution in [-0.4, -0.2) is 48.3 Å². The summed E-state index contributed by atoms with van der Waals surface area (Å²) >= 11 is 2.44. The third-order valence-electron chi connectivity index (χ3n) is 6.20. The zero-order chi connectivity index (χ0) is 18.3. The van der Waals surface area contributed by atoms with Crippen LogP contribution in [0.25, 0.3) is 0 Å². The van der Waals surface area contributed by atoms with E-state index in [1.54, 1.807) is 0 Å². The van der Waals surface area contributed by atoms with Crippen molar-refractivity contribution in [3.05, 3.63) is 62.2 Å². The lowest BCUT2D eigenvalue weighted by molar-refractivity contribution is 0.0393. The summed E-state index contributed by atoms with van der Waals surface area (Å²) in [4.78, 5) is 5.02. The number of benzene rings is 2. The quantitative estimate of drug-likeness (QED) is 0.692. The molecule has 1 aliphatic carbocycles. The number of aryl methyl sites for hydroxylation is 1. The van der Waals surface area contributed by atoms with Gasteiger partial charge in [0.2, 0.25) is 0 Å². The molecule has 26 heavy (non-hydrogen) atoms. The van der Waals surface area contributed by atoms with Crippen molar-refractivity contribution in [2.75, 3.05) is 31.1 Å². The Hall–Kier alpha value is -1.11. The molecular weight excluding hydrogens is 435 g/mol. The number of hydrogen-bond acceptors (Lipinski definition) is 3. The summed E-state index contributed by atoms with van der Waals surface area (Å²) in [6.07, 6.45) is 1.50. The number of anilines is 1. The van der Waals surface area contributed by atoms with Gasteiger partial charge in [0.15, 0.2) is 0 Å². The fourth-order valence-electron chi connectivity index (χ4n) is 4.47. The lowest BCUT2D eigenvalue weighted by Crippen LogP contribution is -2.56. The lowest BCUT2D eigenvalue weighted by atomic mass is 9.85. The molecule has 1 saturated heterocycles. The van der Waals surface area contributed by atoms with Crippen molar-refractivity contribution in [2.24, 2.45) is 0 Å². The molecule has 1 heterocycles. The molecule has 0 aromatic heterocycles. The predicted octanol–water partition coefficient (Wildman–Crippen LogP) is 3.56. The van der Waals surface area contributed by atoms with E-state index in [2.05, 4.69) is 82.6 Å². The molecule has 2 aliphatic rings. The fourth-order valence-corrected chi connectivity index (χ4v) is 5.25. The second-order valence-corrected chi connectivity index (χ2v) is 8.82. The molecule has 2 aromatic carbocycles. The van der Waals surface area contributed by atoms with Gasteiger partial charge in [0, 0.05) is 47.9 Å². The van der Waals surface area contributed by atoms with Crippen LogP contribution in [0, 0.1) is 17.4 Å². The molecule has 0 radical (unpaired) electrons. The molecule has 1 N–H and O–H groups in total. The molecule has 0 bridgehead atoms. The number of aliphatic hydroxyl groups excluding tert-OH is 1. The summed E-state index contributed by atoms with van der Waals surface area (Å²) in [7, 11) is 0. The van der Waals surface area contributed by atoms with E-state index in [0.29, 0.717) is 0 Å². The van der Waals surface area contributed by atoms with Gasteiger partial charge in [0.25, 0.3) is 0 Å². The molecule has 3 nitrogen and oxygen atoms in total. The molecule has 2 aromatic rings. The first-order chi connectivity index (χ1) is 12.5. The molecule has 4 heteroatoms. The highest BCUT2D eigenvalue weighted by Crippen LogP contribution is 2.30. The number of nitrogens with zero attached hydrogens (tertiary/aromatic N) is 2. The summed E-state index contributed by atoms with van der Waals surface area (Å²) in [6, 6.07) is 13.3. The van der Waals surface area contributed by atoms with Crippen LogP contribution < -0.4 is 4.90 Å². The SMILES string of the molecule is Cc1cccc(N2CCN([C@H]3Cc4c(I)cccc4C[C@@H]3O)CC2)c1C. The molecular formula is C22H27IN2O. The lowest BCUT2D eigenvalue weighted by Gasteiger charge is -2.44. The first kappa shape index (κ1) is 18.3. The first-order valence-corrected chi connectivity index (χ1v) is 10.6. The maximum Gasteiger partial charge on any atom is 0.0739 e. The minimum Gasteiger partial charge on any atom is -0.391 e. The molecule has 2 atom stereocenters. The van der Waals surface area contributed by atoms with Gasteiger partial charge in [0.05, 0.1) is 6.10 Å². The fraction of sp³-hybridized carbons (Fsp3) is 0.455. The normalized spacial score (nSPS) is 23.8. The van der Waals surface area contributed by atoms with Crippen LogP contribution in [0.5, 0.6) is 0 Å². The van der Waals surface area contributed by atoms with Crippen molar-refractivity contribution in [3.8, 4) is 0 Å². The van der Waals surface area contributed by atoms with Crippen molar-refractivity contribution in [3.63, 3.8) is 0 Å². The van der Waals surface area contributed by atoms with E-state index >= 15 is 0 Å². The van der Waals surface area contributed by atoms with Gasteiger partial charge in [-0.25, -0.2) is 0 Å². The Kier molecular flexibility index (Phi) is 5.26. The maximum atomic E-state index is 10.8. The van der Waals surface area contributed by atoms with Crippen LogP contribution in [0.3, 0.4) is 0 Å². The van der Waals surface area contributed by atoms with Gasteiger partial charge in [-0.1, -0.05) is 24.3 Å². The van der Waals surface area contributed by atoms with Gasteiger partial charge in [-0.05, 0) is 77.2 Å². The topological polar surface area (TPSA) is 26.7 Å². The molecule has 0 amide bonds. The van der Waals surface area contributed by atoms with E-state index in [0.717, 1.165) is 39.0 Å². The second kappa shape index (κ2) is 7.49. The van der Waals surface area contributed by atoms with Gasteiger partial charge < -0.3 is 10.0 Å². The van der Waals surface area contributed by atoms with Crippen LogP contribution in [0.2, 0.25) is 0 Å². The maximum absolute atomic E-state index is 10.8. The molecule has 4 rings (SSSR count). The zero-order valence-corrected chi connectivity index (χ0v) is 17.7. The van der Waals surface area contributed by atoms with E-state index in [4.69, 9.17) is 0 Å². The Labute approximate surface area is 170 Å². The molecule has 1 aliphatic heterocycles. The highest BCUT2D eigenvalue weighted by atomic mass is 127. The smallest absolute Gasteiger partial charge is 0.0739 e. The van der Waals surface area contributed by atoms with Crippen molar-refractivity contribution < 1.29 is 5.11 Å². The zero-order valence-electron chi connectivity index (χ0n) is 15.6. The first-order valence-electron chi connectivity index (χ1n) is 9.54. The summed E-state index contributed by atoms with van der Waals surface area (Å²) in [5.41, 5.74) is 6.89. The Morgan fingerprint density at radius 1 is 0.962 bits per heavy atom. The van der Waals surface area contributed by atoms with Crippen LogP contribution in [0.15, 0.2) is 36.4 Å². The Balaban J connectivity index is 1.47. The monoisotopic (exact) mass is 462 g/mol. The van der Waals surface area contributed by atoms with E-state index in [1.165, 1.54) is 31.5 Å². The van der Waals surface area contributed by atoms with Crippen molar-refractivity contribution in [1.82, 2.24) is 4.90 Å². The molecule has 0 spiro atoms. The average molecular weight is 462 g/mol. The highest BCUT2D eigenvalue weighted by Gasteiger charge is 2.34. The third-order valence-corrected chi connectivity index (χ3v) is 7.21. The third kappa shape index (κ3) is 3.39. The van der Waals surface area contributed by atoms with E-state index in [9.17, 15) is 5.11 Å². The summed E-state index contributed by atoms with van der Waals surface area (Å²) < 4.78 is 1.34. The number of hydrogen-bond donors (Lipinski definition) is 1. The number of rotatable bonds is 2. The number of piperazine rings is 1. The van der Waals surface area contributed by atoms with Gasteiger partial charge in [0.1, 0.15) is 0 Å². The molecule has 1 fully saturated rings. The summed E-state index contributed by atoms with van der Waals surface area (Å²) in [5.74, 6) is 0. The largest absolute Gasteiger partial charge is 0.391 e. The van der Waals surface area contributed by atoms with Crippen molar-refractivity contribution in [1.29, 1.82) is 0 Å². The Morgan fingerprint density at radius 3 is 2.46 bits per heavy atom. The minimum absolute atomic E-state index is 0.249. The van der Waals surface area contributed by atoms with E-state index in [-0.39, 0.29) is 12.1 Å². The number of aliphatic hydroxyl groups is 1. The standard InChI is InChI=1S/C22H27IN2O/c1-15-5-3-8-20(16(15)2)24-9-11-25(12-10-24)21-14-18-17(13-22(21)26)6-4-7-19(18)23/h3-8,21-22,26H,9-14H2,1-2H3/t21-,22-/m0/s1. The van der Waals surface area contributed by atoms with Gasteiger partial charge in [-0.2, -0.15) is 0 Å². The van der Waals surface area contributed by atoms with Crippen LogP contribution in [-0.2, 0) is 12.8 Å². The van der Waals surface area contributed by atoms with Gasteiger partial charge in [-0.15, -0.1) is 0 Å². The van der Waals surface area contributed by atoms with Gasteiger partial charge in [-0.3, -0.25) is 4.90 Å². The van der Waals surface area contributed by atoms with Crippen LogP contribution >= 0.6 is 22.6 Å². The molecule has 0 saturated carbocycles. The molecule has 138 valence electrons. The minimum atomic E-state index is -0.257. The Morgan fingerprint density at radius 2 is 1.69 bits per heavy atom. The summed E-state index contributed by atoms with van der Waals surface area (Å²) in [6.45, 7) is 8.52. The van der Waals surface area contributed by atoms with Gasteiger partial charge >= 0.3 is 0 Å². The Bertz CT molecular complexity index is 799. The second-order valence-electron chi connectivity index (χ2n) is 7.66. The van der Waals surface area contributed by atoms with Crippen LogP contribution in [0.4, 0.5) is 5.69 Å². The predicted molar refractivity (Wildman–Crippen MR) is 116 cm³/mol.